The van der Waals surface area contributed by atoms with Crippen LogP contribution >= 0.6 is 0 Å². The number of anilines is 1. The maximum absolute atomic E-state index is 11.0. The van der Waals surface area contributed by atoms with Crippen LogP contribution in [0.2, 0.25) is 0 Å². The van der Waals surface area contributed by atoms with Gasteiger partial charge in [0.25, 0.3) is 0 Å². The molecule has 0 unspecified atom stereocenters. The third kappa shape index (κ3) is 1.76. The van der Waals surface area contributed by atoms with E-state index in [1.165, 1.54) is 25.7 Å². The molecule has 0 atom stereocenters. The number of aryl methyl sites for hydroxylation is 1. The lowest BCUT2D eigenvalue weighted by molar-refractivity contribution is -0.388. The normalized spacial score (nSPS) is 20.8. The molecule has 0 bridgehead atoms. The molecule has 2 fully saturated rings. The molecule has 0 radical (unpaired) electrons. The van der Waals surface area contributed by atoms with Gasteiger partial charge in [-0.05, 0) is 46.9 Å². The molecule has 1 heterocycles. The number of imidazole rings is 1. The second kappa shape index (κ2) is 3.70. The monoisotopic (exact) mass is 250 g/mol. The highest BCUT2D eigenvalue weighted by atomic mass is 16.6. The number of nitrogens with zero attached hydrogens (tertiary/aromatic N) is 3. The number of hydrogen-bond acceptors (Lipinski definition) is 4. The molecule has 2 saturated carbocycles. The molecular formula is C12H18N4O2. The molecule has 0 amide bonds. The topological polar surface area (TPSA) is 73.0 Å². The van der Waals surface area contributed by atoms with Gasteiger partial charge in [0, 0.05) is 20.5 Å². The van der Waals surface area contributed by atoms with E-state index in [2.05, 4.69) is 10.3 Å². The lowest BCUT2D eigenvalue weighted by atomic mass is 10.0. The number of hydrogen-bond donors (Lipinski definition) is 1. The van der Waals surface area contributed by atoms with Crippen LogP contribution in [0.3, 0.4) is 0 Å². The highest BCUT2D eigenvalue weighted by Crippen LogP contribution is 2.61. The van der Waals surface area contributed by atoms with Crippen molar-refractivity contribution in [1.82, 2.24) is 9.55 Å². The van der Waals surface area contributed by atoms with Crippen molar-refractivity contribution in [2.24, 2.45) is 18.4 Å². The third-order valence-corrected chi connectivity index (χ3v) is 4.42. The Bertz CT molecular complexity index is 500. The van der Waals surface area contributed by atoms with E-state index in [0.717, 1.165) is 12.5 Å². The van der Waals surface area contributed by atoms with Crippen LogP contribution < -0.4 is 5.32 Å². The fraction of sp³-hybridized carbons (Fsp3) is 0.750. The minimum atomic E-state index is -0.411. The van der Waals surface area contributed by atoms with Crippen molar-refractivity contribution in [1.29, 1.82) is 0 Å². The van der Waals surface area contributed by atoms with Gasteiger partial charge >= 0.3 is 5.82 Å². The van der Waals surface area contributed by atoms with E-state index in [9.17, 15) is 10.1 Å². The zero-order valence-electron chi connectivity index (χ0n) is 10.8. The predicted molar refractivity (Wildman–Crippen MR) is 67.5 cm³/mol. The van der Waals surface area contributed by atoms with Gasteiger partial charge in [-0.1, -0.05) is 0 Å². The molecule has 6 nitrogen and oxygen atoms in total. The summed E-state index contributed by atoms with van der Waals surface area (Å²) >= 11 is 0. The maximum Gasteiger partial charge on any atom is 0.406 e. The molecule has 1 N–H and O–H groups in total. The second-order valence-electron chi connectivity index (χ2n) is 5.64. The van der Waals surface area contributed by atoms with Crippen LogP contribution in [0.15, 0.2) is 0 Å². The lowest BCUT2D eigenvalue weighted by Gasteiger charge is -2.15. The van der Waals surface area contributed by atoms with Gasteiger partial charge in [0.1, 0.15) is 0 Å². The molecule has 18 heavy (non-hydrogen) atoms. The van der Waals surface area contributed by atoms with Crippen molar-refractivity contribution in [3.8, 4) is 0 Å². The van der Waals surface area contributed by atoms with Gasteiger partial charge in [-0.15, -0.1) is 0 Å². The Morgan fingerprint density at radius 3 is 2.72 bits per heavy atom. The standard InChI is InChI=1S/C12H18N4O2/c1-8-14-11(16(17)18)10(15(8)2)13-7-12(5-6-12)9-3-4-9/h9,13H,3-7H2,1-2H3. The summed E-state index contributed by atoms with van der Waals surface area (Å²) in [5, 5.41) is 14.2. The largest absolute Gasteiger partial charge is 0.406 e. The van der Waals surface area contributed by atoms with Gasteiger partial charge in [0.05, 0.1) is 0 Å². The van der Waals surface area contributed by atoms with Gasteiger partial charge in [-0.25, -0.2) is 0 Å². The lowest BCUT2D eigenvalue weighted by Crippen LogP contribution is -2.19. The average molecular weight is 250 g/mol. The summed E-state index contributed by atoms with van der Waals surface area (Å²) in [6.07, 6.45) is 5.17. The first-order valence-electron chi connectivity index (χ1n) is 6.45. The summed E-state index contributed by atoms with van der Waals surface area (Å²) in [5.74, 6) is 2.00. The number of nitro groups is 1. The van der Waals surface area contributed by atoms with Gasteiger partial charge in [0.15, 0.2) is 0 Å². The molecule has 2 aliphatic rings. The van der Waals surface area contributed by atoms with E-state index in [4.69, 9.17) is 0 Å². The summed E-state index contributed by atoms with van der Waals surface area (Å²) in [4.78, 5) is 14.5. The summed E-state index contributed by atoms with van der Waals surface area (Å²) < 4.78 is 1.76. The van der Waals surface area contributed by atoms with Crippen LogP contribution in [-0.2, 0) is 7.05 Å². The Balaban J connectivity index is 1.77. The van der Waals surface area contributed by atoms with E-state index >= 15 is 0 Å². The van der Waals surface area contributed by atoms with Crippen LogP contribution in [0.4, 0.5) is 11.6 Å². The van der Waals surface area contributed by atoms with Crippen LogP contribution in [-0.4, -0.2) is 21.0 Å². The Labute approximate surface area is 106 Å². The zero-order chi connectivity index (χ0) is 12.9. The Kier molecular flexibility index (Phi) is 2.36. The quantitative estimate of drug-likeness (QED) is 0.642. The zero-order valence-corrected chi connectivity index (χ0v) is 10.8. The van der Waals surface area contributed by atoms with Gasteiger partial charge in [-0.3, -0.25) is 4.57 Å². The first kappa shape index (κ1) is 11.5. The number of aromatic nitrogens is 2. The molecule has 1 aromatic rings. The van der Waals surface area contributed by atoms with E-state index in [-0.39, 0.29) is 5.82 Å². The van der Waals surface area contributed by atoms with Crippen molar-refractivity contribution in [2.45, 2.75) is 32.6 Å². The first-order valence-corrected chi connectivity index (χ1v) is 6.45. The van der Waals surface area contributed by atoms with Crippen molar-refractivity contribution in [3.63, 3.8) is 0 Å². The molecule has 0 spiro atoms. The van der Waals surface area contributed by atoms with Crippen molar-refractivity contribution >= 4 is 11.6 Å². The molecular weight excluding hydrogens is 232 g/mol. The van der Waals surface area contributed by atoms with Crippen molar-refractivity contribution < 1.29 is 4.92 Å². The number of rotatable bonds is 5. The van der Waals surface area contributed by atoms with Crippen molar-refractivity contribution in [2.75, 3.05) is 11.9 Å². The van der Waals surface area contributed by atoms with E-state index in [0.29, 0.717) is 17.1 Å². The minimum absolute atomic E-state index is 0.0541. The van der Waals surface area contributed by atoms with E-state index in [1.54, 1.807) is 11.5 Å². The van der Waals surface area contributed by atoms with E-state index < -0.39 is 4.92 Å². The molecule has 0 aromatic carbocycles. The van der Waals surface area contributed by atoms with Crippen molar-refractivity contribution in [3.05, 3.63) is 15.9 Å². The number of nitrogens with one attached hydrogen (secondary N) is 1. The SMILES string of the molecule is Cc1nc([N+](=O)[O-])c(NCC2(C3CC3)CC2)n1C. The smallest absolute Gasteiger partial charge is 0.364 e. The maximum atomic E-state index is 11.0. The highest BCUT2D eigenvalue weighted by Gasteiger charge is 2.53. The first-order chi connectivity index (χ1) is 8.53. The minimum Gasteiger partial charge on any atom is -0.364 e. The third-order valence-electron chi connectivity index (χ3n) is 4.42. The summed E-state index contributed by atoms with van der Waals surface area (Å²) in [7, 11) is 1.81. The Hall–Kier alpha value is -1.59. The summed E-state index contributed by atoms with van der Waals surface area (Å²) in [5.41, 5.74) is 0.423. The fourth-order valence-corrected chi connectivity index (χ4v) is 2.76. The van der Waals surface area contributed by atoms with Gasteiger partial charge in [0.2, 0.25) is 11.6 Å². The van der Waals surface area contributed by atoms with Crippen LogP contribution in [0.5, 0.6) is 0 Å². The molecule has 0 saturated heterocycles. The molecule has 98 valence electrons. The fourth-order valence-electron chi connectivity index (χ4n) is 2.76. The van der Waals surface area contributed by atoms with E-state index in [1.807, 2.05) is 7.05 Å². The predicted octanol–water partition coefficient (Wildman–Crippen LogP) is 2.24. The average Bonchev–Trinajstić information content (AvgIpc) is 3.19. The molecule has 0 aliphatic heterocycles. The Morgan fingerprint density at radius 1 is 1.56 bits per heavy atom. The summed E-state index contributed by atoms with van der Waals surface area (Å²) in [6.45, 7) is 2.63. The Morgan fingerprint density at radius 2 is 2.22 bits per heavy atom. The molecule has 1 aromatic heterocycles. The molecule has 2 aliphatic carbocycles. The van der Waals surface area contributed by atoms with Gasteiger partial charge < -0.3 is 15.4 Å². The summed E-state index contributed by atoms with van der Waals surface area (Å²) in [6, 6.07) is 0. The molecule has 6 heteroatoms. The van der Waals surface area contributed by atoms with Crippen LogP contribution in [0, 0.1) is 28.4 Å². The highest BCUT2D eigenvalue weighted by molar-refractivity contribution is 5.53. The molecule has 3 rings (SSSR count). The van der Waals surface area contributed by atoms with Crippen LogP contribution in [0.1, 0.15) is 31.5 Å². The second-order valence-corrected chi connectivity index (χ2v) is 5.64. The van der Waals surface area contributed by atoms with Crippen LogP contribution in [0.25, 0.3) is 0 Å². The van der Waals surface area contributed by atoms with Gasteiger partial charge in [-0.2, -0.15) is 0 Å².